The molecule has 0 aliphatic rings. The third-order valence-electron chi connectivity index (χ3n) is 5.00. The first-order chi connectivity index (χ1) is 15.7. The molecule has 9 heteroatoms. The number of hydrogen-bond donors (Lipinski definition) is 2. The number of carbonyl (C=O) groups is 1. The summed E-state index contributed by atoms with van der Waals surface area (Å²) in [5.74, 6) is -0.202. The van der Waals surface area contributed by atoms with Crippen LogP contribution in [0.1, 0.15) is 27.0 Å². The van der Waals surface area contributed by atoms with Crippen LogP contribution in [0.3, 0.4) is 0 Å². The lowest BCUT2D eigenvalue weighted by Gasteiger charge is -2.13. The van der Waals surface area contributed by atoms with Crippen molar-refractivity contribution < 1.29 is 17.9 Å². The van der Waals surface area contributed by atoms with Crippen LogP contribution >= 0.6 is 11.8 Å². The molecule has 0 fully saturated rings. The Morgan fingerprint density at radius 3 is 2.33 bits per heavy atom. The maximum Gasteiger partial charge on any atom is 0.262 e. The summed E-state index contributed by atoms with van der Waals surface area (Å²) >= 11 is 1.42. The first-order valence-electron chi connectivity index (χ1n) is 10.3. The number of carbonyl (C=O) groups excluding carboxylic acids is 1. The van der Waals surface area contributed by atoms with Gasteiger partial charge in [0.05, 0.1) is 17.1 Å². The zero-order valence-electron chi connectivity index (χ0n) is 19.0. The van der Waals surface area contributed by atoms with Gasteiger partial charge in [0, 0.05) is 30.4 Å². The number of hydrogen-bond acceptors (Lipinski definition) is 6. The molecule has 174 valence electrons. The molecule has 0 aliphatic heterocycles. The minimum absolute atomic E-state index is 0.202. The Morgan fingerprint density at radius 1 is 1.00 bits per heavy atom. The van der Waals surface area contributed by atoms with E-state index >= 15 is 0 Å². The zero-order valence-corrected chi connectivity index (χ0v) is 20.6. The smallest absolute Gasteiger partial charge is 0.262 e. The molecule has 0 saturated carbocycles. The van der Waals surface area contributed by atoms with Gasteiger partial charge in [-0.25, -0.2) is 13.4 Å². The van der Waals surface area contributed by atoms with Gasteiger partial charge in [-0.15, -0.1) is 0 Å². The predicted molar refractivity (Wildman–Crippen MR) is 130 cm³/mol. The molecule has 0 unspecified atom stereocenters. The molecule has 33 heavy (non-hydrogen) atoms. The maximum absolute atomic E-state index is 12.9. The van der Waals surface area contributed by atoms with Gasteiger partial charge in [0.25, 0.3) is 15.9 Å². The third-order valence-corrected chi connectivity index (χ3v) is 7.48. The van der Waals surface area contributed by atoms with E-state index in [4.69, 9.17) is 4.74 Å². The summed E-state index contributed by atoms with van der Waals surface area (Å²) in [6.45, 7) is 6.54. The van der Waals surface area contributed by atoms with Crippen LogP contribution in [0.5, 0.6) is 0 Å². The molecule has 0 spiro atoms. The van der Waals surface area contributed by atoms with Crippen molar-refractivity contribution in [2.45, 2.75) is 35.6 Å². The van der Waals surface area contributed by atoms with E-state index in [1.807, 2.05) is 32.0 Å². The Kier molecular flexibility index (Phi) is 8.12. The second-order valence-corrected chi connectivity index (χ2v) is 10.3. The number of methoxy groups -OCH3 is 1. The first kappa shape index (κ1) is 24.8. The van der Waals surface area contributed by atoms with Crippen molar-refractivity contribution in [3.8, 4) is 0 Å². The van der Waals surface area contributed by atoms with E-state index in [-0.39, 0.29) is 10.8 Å². The van der Waals surface area contributed by atoms with Crippen molar-refractivity contribution in [2.24, 2.45) is 0 Å². The van der Waals surface area contributed by atoms with Crippen LogP contribution in [-0.4, -0.2) is 39.6 Å². The summed E-state index contributed by atoms with van der Waals surface area (Å²) in [6.07, 6.45) is 1.53. The average molecular weight is 486 g/mol. The van der Waals surface area contributed by atoms with Crippen LogP contribution < -0.4 is 10.0 Å². The average Bonchev–Trinajstić information content (AvgIpc) is 2.78. The first-order valence-corrected chi connectivity index (χ1v) is 12.6. The van der Waals surface area contributed by atoms with Crippen molar-refractivity contribution in [2.75, 3.05) is 25.0 Å². The number of ether oxygens (including phenoxy) is 1. The van der Waals surface area contributed by atoms with Crippen molar-refractivity contribution in [3.63, 3.8) is 0 Å². The highest BCUT2D eigenvalue weighted by Gasteiger charge is 2.18. The van der Waals surface area contributed by atoms with E-state index in [2.05, 4.69) is 15.0 Å². The maximum atomic E-state index is 12.9. The molecular formula is C24H27N3O4S2. The second kappa shape index (κ2) is 10.8. The van der Waals surface area contributed by atoms with Gasteiger partial charge in [-0.1, -0.05) is 17.8 Å². The van der Waals surface area contributed by atoms with Gasteiger partial charge in [0.2, 0.25) is 0 Å². The summed E-state index contributed by atoms with van der Waals surface area (Å²) < 4.78 is 33.3. The van der Waals surface area contributed by atoms with Crippen LogP contribution in [0.25, 0.3) is 0 Å². The van der Waals surface area contributed by atoms with E-state index in [1.54, 1.807) is 44.4 Å². The largest absolute Gasteiger partial charge is 0.383 e. The molecule has 1 amide bonds. The van der Waals surface area contributed by atoms with Gasteiger partial charge >= 0.3 is 0 Å². The molecule has 3 aromatic rings. The van der Waals surface area contributed by atoms with E-state index in [0.717, 1.165) is 21.0 Å². The number of aryl methyl sites for hydroxylation is 3. The molecule has 3 rings (SSSR count). The van der Waals surface area contributed by atoms with E-state index in [1.165, 1.54) is 18.0 Å². The lowest BCUT2D eigenvalue weighted by Crippen LogP contribution is -2.26. The Bertz CT molecular complexity index is 1230. The Hall–Kier alpha value is -2.88. The number of nitrogens with one attached hydrogen (secondary N) is 2. The molecule has 2 N–H and O–H groups in total. The lowest BCUT2D eigenvalue weighted by atomic mass is 10.1. The second-order valence-electron chi connectivity index (χ2n) is 7.57. The highest BCUT2D eigenvalue weighted by Crippen LogP contribution is 2.28. The van der Waals surface area contributed by atoms with Crippen LogP contribution in [0.4, 0.5) is 5.69 Å². The molecule has 7 nitrogen and oxygen atoms in total. The Balaban J connectivity index is 1.65. The number of amides is 1. The highest BCUT2D eigenvalue weighted by atomic mass is 32.2. The minimum atomic E-state index is -3.69. The molecule has 0 saturated heterocycles. The van der Waals surface area contributed by atoms with E-state index < -0.39 is 10.0 Å². The van der Waals surface area contributed by atoms with Gasteiger partial charge in [-0.3, -0.25) is 9.52 Å². The summed E-state index contributed by atoms with van der Waals surface area (Å²) in [7, 11) is -2.11. The molecule has 0 aliphatic carbocycles. The lowest BCUT2D eigenvalue weighted by molar-refractivity contribution is 0.0936. The molecular weight excluding hydrogens is 458 g/mol. The van der Waals surface area contributed by atoms with E-state index in [0.29, 0.717) is 30.0 Å². The van der Waals surface area contributed by atoms with Crippen molar-refractivity contribution in [3.05, 3.63) is 77.0 Å². The number of aromatic nitrogens is 1. The van der Waals surface area contributed by atoms with Crippen molar-refractivity contribution in [1.29, 1.82) is 0 Å². The van der Waals surface area contributed by atoms with Gasteiger partial charge in [-0.2, -0.15) is 0 Å². The minimum Gasteiger partial charge on any atom is -0.383 e. The normalized spacial score (nSPS) is 11.3. The highest BCUT2D eigenvalue weighted by molar-refractivity contribution is 7.99. The van der Waals surface area contributed by atoms with Gasteiger partial charge < -0.3 is 10.1 Å². The fraction of sp³-hybridized carbons (Fsp3) is 0.250. The molecule has 0 radical (unpaired) electrons. The summed E-state index contributed by atoms with van der Waals surface area (Å²) in [5.41, 5.74) is 3.65. The Labute approximate surface area is 199 Å². The fourth-order valence-electron chi connectivity index (χ4n) is 3.09. The van der Waals surface area contributed by atoms with Crippen molar-refractivity contribution in [1.82, 2.24) is 10.3 Å². The van der Waals surface area contributed by atoms with E-state index in [9.17, 15) is 13.2 Å². The third kappa shape index (κ3) is 6.56. The van der Waals surface area contributed by atoms with Crippen LogP contribution in [-0.2, 0) is 14.8 Å². The summed E-state index contributed by atoms with van der Waals surface area (Å²) in [4.78, 5) is 17.5. The van der Waals surface area contributed by atoms with Gasteiger partial charge in [0.1, 0.15) is 5.03 Å². The number of sulfonamides is 1. The number of pyridine rings is 1. The predicted octanol–water partition coefficient (Wildman–Crippen LogP) is 4.34. The van der Waals surface area contributed by atoms with Crippen LogP contribution in [0.2, 0.25) is 0 Å². The molecule has 0 atom stereocenters. The molecule has 2 aromatic carbocycles. The number of benzene rings is 2. The number of anilines is 1. The molecule has 1 aromatic heterocycles. The molecule has 0 bridgehead atoms. The quantitative estimate of drug-likeness (QED) is 0.438. The van der Waals surface area contributed by atoms with Gasteiger partial charge in [0.15, 0.2) is 0 Å². The van der Waals surface area contributed by atoms with Crippen molar-refractivity contribution >= 4 is 33.4 Å². The SMILES string of the molecule is COCCNC(=O)c1ccc(Sc2ccc(NS(=O)(=O)c3cc(C)c(C)cc3C)cc2)nc1. The Morgan fingerprint density at radius 2 is 1.70 bits per heavy atom. The van der Waals surface area contributed by atoms with Crippen LogP contribution in [0.15, 0.2) is 69.5 Å². The van der Waals surface area contributed by atoms with Crippen LogP contribution in [0, 0.1) is 20.8 Å². The number of rotatable bonds is 9. The standard InChI is InChI=1S/C24H27N3O4S2/c1-16-13-18(3)22(14-17(16)2)33(29,30)27-20-6-8-21(9-7-20)32-23-10-5-19(15-26-23)24(28)25-11-12-31-4/h5-10,13-15,27H,11-12H2,1-4H3,(H,25,28). The zero-order chi connectivity index (χ0) is 24.0. The monoisotopic (exact) mass is 485 g/mol. The fourth-order valence-corrected chi connectivity index (χ4v) is 5.22. The topological polar surface area (TPSA) is 97.4 Å². The summed E-state index contributed by atoms with van der Waals surface area (Å²) in [6, 6.07) is 14.1. The van der Waals surface area contributed by atoms with Gasteiger partial charge in [-0.05, 0) is 79.9 Å². The molecule has 1 heterocycles. The number of nitrogens with zero attached hydrogens (tertiary/aromatic N) is 1. The summed E-state index contributed by atoms with van der Waals surface area (Å²) in [5, 5.41) is 3.47.